The molecule has 0 heterocycles. The molecule has 0 spiro atoms. The molecule has 3 aromatic rings. The van der Waals surface area contributed by atoms with E-state index in [0.717, 1.165) is 16.3 Å². The van der Waals surface area contributed by atoms with E-state index in [1.807, 2.05) is 31.2 Å². The zero-order valence-corrected chi connectivity index (χ0v) is 15.4. The summed E-state index contributed by atoms with van der Waals surface area (Å²) in [7, 11) is 0. The zero-order chi connectivity index (χ0) is 19.9. The van der Waals surface area contributed by atoms with E-state index in [-0.39, 0.29) is 5.57 Å². The third-order valence-corrected chi connectivity index (χ3v) is 4.19. The Hall–Kier alpha value is -3.78. The summed E-state index contributed by atoms with van der Waals surface area (Å²) in [4.78, 5) is 11.0. The summed E-state index contributed by atoms with van der Waals surface area (Å²) in [6.07, 6.45) is 1.30. The summed E-state index contributed by atoms with van der Waals surface area (Å²) in [5.74, 6) is -0.211. The Bertz CT molecular complexity index is 1070. The van der Waals surface area contributed by atoms with E-state index < -0.39 is 5.97 Å². The van der Waals surface area contributed by atoms with E-state index in [0.29, 0.717) is 30.3 Å². The Morgan fingerprint density at radius 3 is 2.61 bits per heavy atom. The number of aliphatic carboxylic acids is 1. The molecule has 0 aromatic heterocycles. The van der Waals surface area contributed by atoms with Gasteiger partial charge in [-0.25, -0.2) is 4.79 Å². The quantitative estimate of drug-likeness (QED) is 0.475. The normalized spacial score (nSPS) is 11.1. The molecule has 5 heteroatoms. The predicted molar refractivity (Wildman–Crippen MR) is 107 cm³/mol. The van der Waals surface area contributed by atoms with Crippen LogP contribution in [-0.2, 0) is 11.4 Å². The molecule has 0 saturated carbocycles. The minimum Gasteiger partial charge on any atom is -0.490 e. The van der Waals surface area contributed by atoms with Crippen LogP contribution in [0.4, 0.5) is 0 Å². The molecular formula is C23H19NO4. The summed E-state index contributed by atoms with van der Waals surface area (Å²) in [6.45, 7) is 2.66. The lowest BCUT2D eigenvalue weighted by atomic mass is 10.1. The van der Waals surface area contributed by atoms with Crippen molar-refractivity contribution in [3.8, 4) is 17.6 Å². The molecule has 3 aromatic carbocycles. The van der Waals surface area contributed by atoms with Crippen molar-refractivity contribution < 1.29 is 19.4 Å². The molecule has 0 aliphatic rings. The first-order valence-electron chi connectivity index (χ1n) is 8.83. The number of benzene rings is 3. The molecule has 0 aliphatic heterocycles. The fourth-order valence-electron chi connectivity index (χ4n) is 2.88. The summed E-state index contributed by atoms with van der Waals surface area (Å²) in [6, 6.07) is 20.9. The second-order valence-corrected chi connectivity index (χ2v) is 6.04. The lowest BCUT2D eigenvalue weighted by Crippen LogP contribution is -2.01. The maximum Gasteiger partial charge on any atom is 0.346 e. The molecule has 1 N–H and O–H groups in total. The highest BCUT2D eigenvalue weighted by molar-refractivity contribution is 5.96. The van der Waals surface area contributed by atoms with Gasteiger partial charge in [0.05, 0.1) is 6.61 Å². The summed E-state index contributed by atoms with van der Waals surface area (Å²) < 4.78 is 11.6. The van der Waals surface area contributed by atoms with Crippen LogP contribution in [0.3, 0.4) is 0 Å². The monoisotopic (exact) mass is 373 g/mol. The maximum atomic E-state index is 11.0. The van der Waals surface area contributed by atoms with Crippen LogP contribution < -0.4 is 9.47 Å². The lowest BCUT2D eigenvalue weighted by Gasteiger charge is -2.14. The van der Waals surface area contributed by atoms with Crippen molar-refractivity contribution in [3.63, 3.8) is 0 Å². The van der Waals surface area contributed by atoms with Gasteiger partial charge in [-0.1, -0.05) is 48.5 Å². The second kappa shape index (κ2) is 8.74. The van der Waals surface area contributed by atoms with Gasteiger partial charge in [0.25, 0.3) is 0 Å². The molecule has 140 valence electrons. The van der Waals surface area contributed by atoms with Gasteiger partial charge in [0.1, 0.15) is 18.2 Å². The van der Waals surface area contributed by atoms with Gasteiger partial charge < -0.3 is 14.6 Å². The van der Waals surface area contributed by atoms with Crippen molar-refractivity contribution in [2.45, 2.75) is 13.5 Å². The first-order valence-corrected chi connectivity index (χ1v) is 8.83. The minimum absolute atomic E-state index is 0.341. The number of carboxylic acids is 1. The van der Waals surface area contributed by atoms with Crippen LogP contribution in [-0.4, -0.2) is 17.7 Å². The standard InChI is InChI=1S/C23H19NO4/c1-2-27-22-13-16(12-19(14-24)23(25)26)10-11-21(22)28-15-18-8-5-7-17-6-3-4-9-20(17)18/h3-13H,2,15H2,1H3,(H,25,26). The molecule has 5 nitrogen and oxygen atoms in total. The molecule has 0 saturated heterocycles. The Morgan fingerprint density at radius 2 is 1.86 bits per heavy atom. The number of fused-ring (bicyclic) bond motifs is 1. The van der Waals surface area contributed by atoms with E-state index in [9.17, 15) is 4.79 Å². The average molecular weight is 373 g/mol. The minimum atomic E-state index is -1.27. The van der Waals surface area contributed by atoms with E-state index in [4.69, 9.17) is 19.8 Å². The largest absolute Gasteiger partial charge is 0.490 e. The van der Waals surface area contributed by atoms with E-state index >= 15 is 0 Å². The highest BCUT2D eigenvalue weighted by atomic mass is 16.5. The number of rotatable bonds is 7. The van der Waals surface area contributed by atoms with Gasteiger partial charge in [0.2, 0.25) is 0 Å². The number of carbonyl (C=O) groups is 1. The third kappa shape index (κ3) is 4.30. The molecule has 0 radical (unpaired) electrons. The van der Waals surface area contributed by atoms with E-state index in [2.05, 4.69) is 18.2 Å². The number of hydrogen-bond acceptors (Lipinski definition) is 4. The van der Waals surface area contributed by atoms with Gasteiger partial charge in [-0.3, -0.25) is 0 Å². The topological polar surface area (TPSA) is 79.5 Å². The fourth-order valence-corrected chi connectivity index (χ4v) is 2.88. The molecular weight excluding hydrogens is 354 g/mol. The van der Waals surface area contributed by atoms with Crippen LogP contribution >= 0.6 is 0 Å². The van der Waals surface area contributed by atoms with Crippen molar-refractivity contribution >= 4 is 22.8 Å². The highest BCUT2D eigenvalue weighted by Crippen LogP contribution is 2.31. The van der Waals surface area contributed by atoms with E-state index in [1.54, 1.807) is 24.3 Å². The van der Waals surface area contributed by atoms with Gasteiger partial charge >= 0.3 is 5.97 Å². The molecule has 0 atom stereocenters. The van der Waals surface area contributed by atoms with Crippen molar-refractivity contribution in [3.05, 3.63) is 77.4 Å². The van der Waals surface area contributed by atoms with Crippen LogP contribution in [0.2, 0.25) is 0 Å². The summed E-state index contributed by atoms with van der Waals surface area (Å²) >= 11 is 0. The van der Waals surface area contributed by atoms with Crippen LogP contribution in [0.5, 0.6) is 11.5 Å². The van der Waals surface area contributed by atoms with Gasteiger partial charge in [-0.2, -0.15) is 5.26 Å². The first-order chi connectivity index (χ1) is 13.6. The molecule has 0 aliphatic carbocycles. The zero-order valence-electron chi connectivity index (χ0n) is 15.4. The Labute approximate surface area is 163 Å². The van der Waals surface area contributed by atoms with Gasteiger partial charge in [0.15, 0.2) is 11.5 Å². The van der Waals surface area contributed by atoms with Crippen molar-refractivity contribution in [1.29, 1.82) is 5.26 Å². The summed E-state index contributed by atoms with van der Waals surface area (Å²) in [5.41, 5.74) is 1.27. The van der Waals surface area contributed by atoms with Gasteiger partial charge in [-0.15, -0.1) is 0 Å². The highest BCUT2D eigenvalue weighted by Gasteiger charge is 2.10. The summed E-state index contributed by atoms with van der Waals surface area (Å²) in [5, 5.41) is 20.2. The average Bonchev–Trinajstić information content (AvgIpc) is 2.71. The first kappa shape index (κ1) is 19.0. The van der Waals surface area contributed by atoms with Gasteiger partial charge in [0, 0.05) is 0 Å². The number of hydrogen-bond donors (Lipinski definition) is 1. The molecule has 3 rings (SSSR count). The molecule has 0 bridgehead atoms. The van der Waals surface area contributed by atoms with Crippen LogP contribution in [0.1, 0.15) is 18.1 Å². The Morgan fingerprint density at radius 1 is 1.07 bits per heavy atom. The molecule has 0 amide bonds. The number of carboxylic acid groups (broad SMARTS) is 1. The van der Waals surface area contributed by atoms with Crippen molar-refractivity contribution in [1.82, 2.24) is 0 Å². The maximum absolute atomic E-state index is 11.0. The van der Waals surface area contributed by atoms with Gasteiger partial charge in [-0.05, 0) is 47.0 Å². The Balaban J connectivity index is 1.87. The smallest absolute Gasteiger partial charge is 0.346 e. The lowest BCUT2D eigenvalue weighted by molar-refractivity contribution is -0.132. The van der Waals surface area contributed by atoms with E-state index in [1.165, 1.54) is 6.08 Å². The SMILES string of the molecule is CCOc1cc(C=C(C#N)C(=O)O)ccc1OCc1cccc2ccccc12. The van der Waals surface area contributed by atoms with Crippen LogP contribution in [0, 0.1) is 11.3 Å². The Kier molecular flexibility index (Phi) is 5.93. The van der Waals surface area contributed by atoms with Crippen LogP contribution in [0.25, 0.3) is 16.8 Å². The third-order valence-electron chi connectivity index (χ3n) is 4.19. The fraction of sp³-hybridized carbons (Fsp3) is 0.130. The molecule has 0 unspecified atom stereocenters. The number of ether oxygens (including phenoxy) is 2. The van der Waals surface area contributed by atoms with Crippen molar-refractivity contribution in [2.24, 2.45) is 0 Å². The van der Waals surface area contributed by atoms with Crippen LogP contribution in [0.15, 0.2) is 66.2 Å². The predicted octanol–water partition coefficient (Wildman–Crippen LogP) is 4.81. The number of nitrogens with zero attached hydrogens (tertiary/aromatic N) is 1. The number of nitriles is 1. The molecule has 28 heavy (non-hydrogen) atoms. The van der Waals surface area contributed by atoms with Crippen molar-refractivity contribution in [2.75, 3.05) is 6.61 Å². The second-order valence-electron chi connectivity index (χ2n) is 6.04. The molecule has 0 fully saturated rings.